The lowest BCUT2D eigenvalue weighted by Crippen LogP contribution is -3.00. The van der Waals surface area contributed by atoms with E-state index in [0.717, 1.165) is 35.3 Å². The highest BCUT2D eigenvalue weighted by Crippen LogP contribution is 2.16. The average molecular weight is 315 g/mol. The highest BCUT2D eigenvalue weighted by atomic mass is 35.5. The minimum atomic E-state index is 0. The van der Waals surface area contributed by atoms with Gasteiger partial charge in [0.15, 0.2) is 0 Å². The van der Waals surface area contributed by atoms with Crippen LogP contribution < -0.4 is 22.5 Å². The number of nitrogens with zero attached hydrogens (tertiary/aromatic N) is 4. The Bertz CT molecular complexity index is 522. The quantitative estimate of drug-likeness (QED) is 0.476. The Kier molecular flexibility index (Phi) is 7.35. The zero-order chi connectivity index (χ0) is 13.5. The number of aryl methyl sites for hydroxylation is 1. The molecule has 0 bridgehead atoms. The molecule has 0 aliphatic rings. The first-order chi connectivity index (χ1) is 9.31. The summed E-state index contributed by atoms with van der Waals surface area (Å²) in [5, 5.41) is 15.5. The largest absolute Gasteiger partial charge is 1.00 e. The molecule has 0 amide bonds. The van der Waals surface area contributed by atoms with Crippen LogP contribution >= 0.6 is 11.8 Å². The number of ether oxygens (including phenoxy) is 1. The van der Waals surface area contributed by atoms with Crippen molar-refractivity contribution >= 4 is 11.8 Å². The van der Waals surface area contributed by atoms with Gasteiger partial charge in [-0.2, -0.15) is 0 Å². The number of hydrogen-bond donors (Lipinski definition) is 1. The molecule has 8 heteroatoms. The highest BCUT2D eigenvalue weighted by molar-refractivity contribution is 7.99. The molecule has 1 aromatic heterocycles. The number of halogens is 1. The summed E-state index contributed by atoms with van der Waals surface area (Å²) in [7, 11) is 3.53. The van der Waals surface area contributed by atoms with Crippen LogP contribution in [0.15, 0.2) is 29.4 Å². The number of hydrogen-bond acceptors (Lipinski definition) is 6. The van der Waals surface area contributed by atoms with Crippen LogP contribution in [-0.2, 0) is 13.6 Å². The number of benzene rings is 1. The molecule has 1 aromatic carbocycles. The van der Waals surface area contributed by atoms with Crippen molar-refractivity contribution < 1.29 is 17.1 Å². The van der Waals surface area contributed by atoms with Gasteiger partial charge >= 0.3 is 0 Å². The molecule has 0 spiro atoms. The van der Waals surface area contributed by atoms with Crippen LogP contribution in [0.25, 0.3) is 0 Å². The Morgan fingerprint density at radius 3 is 2.85 bits per heavy atom. The topological polar surface area (TPSA) is 64.9 Å². The second-order valence-corrected chi connectivity index (χ2v) is 4.98. The van der Waals surface area contributed by atoms with Crippen molar-refractivity contribution in [3.05, 3.63) is 29.8 Å². The van der Waals surface area contributed by atoms with Gasteiger partial charge in [-0.15, -0.1) is 5.10 Å². The van der Waals surface area contributed by atoms with Gasteiger partial charge in [-0.1, -0.05) is 30.0 Å². The summed E-state index contributed by atoms with van der Waals surface area (Å²) < 4.78 is 6.97. The van der Waals surface area contributed by atoms with Crippen molar-refractivity contribution in [2.45, 2.75) is 11.7 Å². The van der Waals surface area contributed by atoms with Gasteiger partial charge in [-0.3, -0.25) is 0 Å². The van der Waals surface area contributed by atoms with Crippen LogP contribution in [0.1, 0.15) is 5.56 Å². The van der Waals surface area contributed by atoms with Gasteiger partial charge in [-0.05, 0) is 16.5 Å². The fourth-order valence-electron chi connectivity index (χ4n) is 1.63. The van der Waals surface area contributed by atoms with Crippen LogP contribution in [0.3, 0.4) is 0 Å². The fourth-order valence-corrected chi connectivity index (χ4v) is 2.38. The van der Waals surface area contributed by atoms with E-state index >= 15 is 0 Å². The lowest BCUT2D eigenvalue weighted by molar-refractivity contribution is -0.00000443. The van der Waals surface area contributed by atoms with Gasteiger partial charge in [0.1, 0.15) is 5.75 Å². The molecule has 0 atom stereocenters. The minimum Gasteiger partial charge on any atom is -1.00 e. The summed E-state index contributed by atoms with van der Waals surface area (Å²) in [5.74, 6) is 1.84. The molecule has 0 aliphatic carbocycles. The third-order valence-corrected chi connectivity index (χ3v) is 3.61. The second kappa shape index (κ2) is 8.78. The monoisotopic (exact) mass is 314 g/mol. The number of tetrazole rings is 1. The van der Waals surface area contributed by atoms with Gasteiger partial charge < -0.3 is 22.5 Å². The van der Waals surface area contributed by atoms with E-state index in [1.807, 2.05) is 25.2 Å². The predicted molar refractivity (Wildman–Crippen MR) is 74.2 cm³/mol. The average Bonchev–Trinajstić information content (AvgIpc) is 2.84. The molecular formula is C12H17ClN5OS-. The zero-order valence-corrected chi connectivity index (χ0v) is 13.0. The maximum atomic E-state index is 5.30. The van der Waals surface area contributed by atoms with Gasteiger partial charge in [0.2, 0.25) is 5.16 Å². The number of methoxy groups -OCH3 is 1. The fraction of sp³-hybridized carbons (Fsp3) is 0.417. The summed E-state index contributed by atoms with van der Waals surface area (Å²) in [4.78, 5) is 0. The van der Waals surface area contributed by atoms with Crippen LogP contribution in [0.4, 0.5) is 0 Å². The molecule has 0 radical (unpaired) electrons. The Morgan fingerprint density at radius 2 is 2.15 bits per heavy atom. The molecule has 6 nitrogen and oxygen atoms in total. The van der Waals surface area contributed by atoms with E-state index in [-0.39, 0.29) is 12.4 Å². The predicted octanol–water partition coefficient (Wildman–Crippen LogP) is -1.90. The third-order valence-electron chi connectivity index (χ3n) is 2.60. The molecule has 1 N–H and O–H groups in total. The molecule has 0 saturated carbocycles. The zero-order valence-electron chi connectivity index (χ0n) is 11.4. The third kappa shape index (κ3) is 4.66. The first kappa shape index (κ1) is 16.7. The summed E-state index contributed by atoms with van der Waals surface area (Å²) in [6, 6.07) is 8.02. The van der Waals surface area contributed by atoms with E-state index in [0.29, 0.717) is 0 Å². The first-order valence-corrected chi connectivity index (χ1v) is 6.97. The van der Waals surface area contributed by atoms with E-state index < -0.39 is 0 Å². The molecule has 110 valence electrons. The molecule has 20 heavy (non-hydrogen) atoms. The molecule has 2 rings (SSSR count). The van der Waals surface area contributed by atoms with E-state index in [9.17, 15) is 0 Å². The summed E-state index contributed by atoms with van der Waals surface area (Å²) in [5.41, 5.74) is 1.16. The van der Waals surface area contributed by atoms with Gasteiger partial charge in [0, 0.05) is 31.5 Å². The highest BCUT2D eigenvalue weighted by Gasteiger charge is 2.03. The second-order valence-electron chi connectivity index (χ2n) is 3.92. The minimum absolute atomic E-state index is 0. The van der Waals surface area contributed by atoms with E-state index in [1.54, 1.807) is 23.6 Å². The Labute approximate surface area is 128 Å². The van der Waals surface area contributed by atoms with Crippen molar-refractivity contribution in [1.82, 2.24) is 25.5 Å². The van der Waals surface area contributed by atoms with Crippen LogP contribution in [0.5, 0.6) is 5.75 Å². The van der Waals surface area contributed by atoms with E-state index in [4.69, 9.17) is 4.74 Å². The first-order valence-electron chi connectivity index (χ1n) is 5.99. The number of nitrogens with one attached hydrogen (secondary N) is 1. The van der Waals surface area contributed by atoms with Crippen LogP contribution in [0.2, 0.25) is 0 Å². The number of para-hydroxylation sites is 1. The van der Waals surface area contributed by atoms with Crippen LogP contribution in [0, 0.1) is 0 Å². The van der Waals surface area contributed by atoms with Crippen molar-refractivity contribution in [3.8, 4) is 5.75 Å². The van der Waals surface area contributed by atoms with Gasteiger partial charge in [-0.25, -0.2) is 4.68 Å². The normalized spacial score (nSPS) is 10.1. The molecule has 0 fully saturated rings. The van der Waals surface area contributed by atoms with Crippen molar-refractivity contribution in [3.63, 3.8) is 0 Å². The molecule has 2 aromatic rings. The van der Waals surface area contributed by atoms with Gasteiger partial charge in [0.05, 0.1) is 7.11 Å². The lowest BCUT2D eigenvalue weighted by atomic mass is 10.2. The Morgan fingerprint density at radius 1 is 1.35 bits per heavy atom. The lowest BCUT2D eigenvalue weighted by Gasteiger charge is -2.08. The number of rotatable bonds is 7. The maximum Gasteiger partial charge on any atom is 0.209 e. The smallest absolute Gasteiger partial charge is 0.209 e. The van der Waals surface area contributed by atoms with E-state index in [1.165, 1.54) is 0 Å². The Balaban J connectivity index is 0.00000200. The van der Waals surface area contributed by atoms with E-state index in [2.05, 4.69) is 26.9 Å². The Hall–Kier alpha value is -1.31. The van der Waals surface area contributed by atoms with Crippen molar-refractivity contribution in [2.24, 2.45) is 7.05 Å². The molecule has 0 unspecified atom stereocenters. The molecule has 0 saturated heterocycles. The summed E-state index contributed by atoms with van der Waals surface area (Å²) in [6.07, 6.45) is 0. The maximum absolute atomic E-state index is 5.30. The SMILES string of the molecule is COc1ccccc1CNCCSc1nnnn1C.[Cl-]. The van der Waals surface area contributed by atoms with Crippen LogP contribution in [-0.4, -0.2) is 39.6 Å². The van der Waals surface area contributed by atoms with Crippen molar-refractivity contribution in [1.29, 1.82) is 0 Å². The number of aromatic nitrogens is 4. The van der Waals surface area contributed by atoms with Crippen molar-refractivity contribution in [2.75, 3.05) is 19.4 Å². The molecule has 1 heterocycles. The molecule has 0 aliphatic heterocycles. The number of thioether (sulfide) groups is 1. The molecular weight excluding hydrogens is 298 g/mol. The standard InChI is InChI=1S/C12H17N5OS.ClH/c1-17-12(14-15-16-17)19-8-7-13-9-10-5-3-4-6-11(10)18-2;/h3-6,13H,7-9H2,1-2H3;1H/p-1. The van der Waals surface area contributed by atoms with Gasteiger partial charge in [0.25, 0.3) is 0 Å². The summed E-state index contributed by atoms with van der Waals surface area (Å²) in [6.45, 7) is 1.68. The summed E-state index contributed by atoms with van der Waals surface area (Å²) >= 11 is 1.63.